The number of nitrogens with one attached hydrogen (secondary N) is 3. The number of hydrogen-bond donors (Lipinski definition) is 5. The predicted molar refractivity (Wildman–Crippen MR) is 179 cm³/mol. The topological polar surface area (TPSA) is 158 Å². The van der Waals surface area contributed by atoms with Gasteiger partial charge in [0.15, 0.2) is 0 Å². The molecule has 11 nitrogen and oxygen atoms in total. The van der Waals surface area contributed by atoms with Gasteiger partial charge in [-0.2, -0.15) is 0 Å². The lowest BCUT2D eigenvalue weighted by molar-refractivity contribution is -0.111. The second-order valence-corrected chi connectivity index (χ2v) is 11.5. The number of rotatable bonds is 10. The third-order valence-corrected chi connectivity index (χ3v) is 7.55. The highest BCUT2D eigenvalue weighted by molar-refractivity contribution is 6.05. The number of anilines is 2. The van der Waals surface area contributed by atoms with Gasteiger partial charge in [-0.15, -0.1) is 0 Å². The maximum atomic E-state index is 13.6. The van der Waals surface area contributed by atoms with Crippen molar-refractivity contribution >= 4 is 40.7 Å². The number of nitrogens with zero attached hydrogens (tertiary/aromatic N) is 3. The first-order valence-corrected chi connectivity index (χ1v) is 14.5. The fourth-order valence-corrected chi connectivity index (χ4v) is 4.94. The van der Waals surface area contributed by atoms with E-state index < -0.39 is 5.54 Å². The molecular weight excluding hydrogens is 568 g/mol. The average molecular weight is 609 g/mol. The summed E-state index contributed by atoms with van der Waals surface area (Å²) in [5.74, 6) is -0.428. The molecule has 3 aromatic rings. The molecule has 4 amide bonds. The number of urea groups is 1. The standard InChI is InChI=1S/C34H40N8O3/c1-6-29(43)37-24-14-12-23(13-15-24)32(44)39-26-18-16-25(17-19-26)38-31(36)27-20-42(34(2,3)30(27)35)33(45)40-28(21-41(4)5)22-10-8-7-9-11-22/h6-19,28H,1,20-21,35H2,2-5H3,(H2,36,38)(H,37,43)(H,39,44)(H,40,45). The van der Waals surface area contributed by atoms with E-state index >= 15 is 0 Å². The molecule has 0 saturated heterocycles. The number of carbonyl (C=O) groups excluding carboxylic acids is 3. The van der Waals surface area contributed by atoms with Crippen molar-refractivity contribution in [1.82, 2.24) is 15.1 Å². The molecule has 0 aromatic heterocycles. The molecule has 7 N–H and O–H groups in total. The van der Waals surface area contributed by atoms with Crippen molar-refractivity contribution in [1.29, 1.82) is 0 Å². The monoisotopic (exact) mass is 608 g/mol. The van der Waals surface area contributed by atoms with Crippen molar-refractivity contribution in [3.05, 3.63) is 114 Å². The third kappa shape index (κ3) is 7.95. The van der Waals surface area contributed by atoms with Crippen LogP contribution in [0.3, 0.4) is 0 Å². The summed E-state index contributed by atoms with van der Waals surface area (Å²) in [5.41, 5.74) is 16.4. The van der Waals surface area contributed by atoms with Crippen LogP contribution in [0.15, 0.2) is 108 Å². The predicted octanol–water partition coefficient (Wildman–Crippen LogP) is 4.37. The Labute approximate surface area is 263 Å². The fraction of sp³-hybridized carbons (Fsp3) is 0.235. The number of amidine groups is 1. The van der Waals surface area contributed by atoms with E-state index in [0.29, 0.717) is 40.4 Å². The Kier molecular flexibility index (Phi) is 10.0. The van der Waals surface area contributed by atoms with Gasteiger partial charge in [0, 0.05) is 34.8 Å². The van der Waals surface area contributed by atoms with Gasteiger partial charge in [-0.25, -0.2) is 9.79 Å². The minimum atomic E-state index is -0.789. The van der Waals surface area contributed by atoms with Gasteiger partial charge in [-0.05, 0) is 88.1 Å². The summed E-state index contributed by atoms with van der Waals surface area (Å²) < 4.78 is 0. The van der Waals surface area contributed by atoms with Gasteiger partial charge in [0.1, 0.15) is 5.84 Å². The maximum Gasteiger partial charge on any atom is 0.318 e. The van der Waals surface area contributed by atoms with Crippen LogP contribution in [0.1, 0.15) is 35.8 Å². The zero-order valence-corrected chi connectivity index (χ0v) is 26.0. The number of amides is 4. The lowest BCUT2D eigenvalue weighted by Gasteiger charge is -2.35. The van der Waals surface area contributed by atoms with Crippen molar-refractivity contribution < 1.29 is 14.4 Å². The molecule has 1 aliphatic rings. The number of carbonyl (C=O) groups is 3. The molecule has 1 unspecified atom stereocenters. The molecule has 0 bridgehead atoms. The molecule has 1 heterocycles. The smallest absolute Gasteiger partial charge is 0.318 e. The van der Waals surface area contributed by atoms with E-state index in [1.54, 1.807) is 53.4 Å². The summed E-state index contributed by atoms with van der Waals surface area (Å²) in [6, 6.07) is 22.7. The van der Waals surface area contributed by atoms with Crippen molar-refractivity contribution in [2.45, 2.75) is 25.4 Å². The number of hydrogen-bond acceptors (Lipinski definition) is 6. The summed E-state index contributed by atoms with van der Waals surface area (Å²) in [6.45, 7) is 8.01. The second kappa shape index (κ2) is 13.9. The van der Waals surface area contributed by atoms with Gasteiger partial charge >= 0.3 is 6.03 Å². The molecule has 234 valence electrons. The van der Waals surface area contributed by atoms with Crippen LogP contribution in [-0.2, 0) is 4.79 Å². The molecule has 0 spiro atoms. The van der Waals surface area contributed by atoms with E-state index in [1.165, 1.54) is 6.08 Å². The van der Waals surface area contributed by atoms with Gasteiger partial charge in [0.05, 0.1) is 23.8 Å². The Morgan fingerprint density at radius 1 is 0.978 bits per heavy atom. The minimum Gasteiger partial charge on any atom is -0.400 e. The molecule has 1 aliphatic heterocycles. The van der Waals surface area contributed by atoms with Gasteiger partial charge in [0.25, 0.3) is 5.91 Å². The highest BCUT2D eigenvalue weighted by Crippen LogP contribution is 2.32. The molecule has 0 saturated carbocycles. The molecule has 0 aliphatic carbocycles. The van der Waals surface area contributed by atoms with Crippen molar-refractivity contribution in [3.8, 4) is 0 Å². The van der Waals surface area contributed by atoms with Gasteiger partial charge in [0.2, 0.25) is 5.91 Å². The van der Waals surface area contributed by atoms with Crippen LogP contribution in [0.4, 0.5) is 21.9 Å². The van der Waals surface area contributed by atoms with Crippen LogP contribution in [0.25, 0.3) is 0 Å². The molecule has 11 heteroatoms. The van der Waals surface area contributed by atoms with Crippen LogP contribution in [-0.4, -0.2) is 66.2 Å². The summed E-state index contributed by atoms with van der Waals surface area (Å²) in [6.07, 6.45) is 1.17. The summed E-state index contributed by atoms with van der Waals surface area (Å²) in [7, 11) is 3.93. The van der Waals surface area contributed by atoms with Crippen molar-refractivity contribution in [2.24, 2.45) is 16.5 Å². The highest BCUT2D eigenvalue weighted by Gasteiger charge is 2.42. The second-order valence-electron chi connectivity index (χ2n) is 11.5. The molecule has 45 heavy (non-hydrogen) atoms. The number of likely N-dealkylation sites (N-methyl/N-ethyl adjacent to an activating group) is 1. The van der Waals surface area contributed by atoms with E-state index in [4.69, 9.17) is 11.5 Å². The minimum absolute atomic E-state index is 0.202. The molecule has 3 aromatic carbocycles. The first-order valence-electron chi connectivity index (χ1n) is 14.5. The van der Waals surface area contributed by atoms with E-state index in [-0.39, 0.29) is 36.3 Å². The van der Waals surface area contributed by atoms with Crippen molar-refractivity contribution in [2.75, 3.05) is 37.8 Å². The van der Waals surface area contributed by atoms with Crippen molar-refractivity contribution in [3.63, 3.8) is 0 Å². The largest absolute Gasteiger partial charge is 0.400 e. The Morgan fingerprint density at radius 2 is 1.58 bits per heavy atom. The van der Waals surface area contributed by atoms with E-state index in [2.05, 4.69) is 27.5 Å². The lowest BCUT2D eigenvalue weighted by Crippen LogP contribution is -2.52. The normalized spacial score (nSPS) is 15.0. The highest BCUT2D eigenvalue weighted by atomic mass is 16.2. The van der Waals surface area contributed by atoms with Crippen LogP contribution >= 0.6 is 0 Å². The average Bonchev–Trinajstić information content (AvgIpc) is 3.26. The zero-order valence-electron chi connectivity index (χ0n) is 26.0. The first-order chi connectivity index (χ1) is 21.4. The molecule has 4 rings (SSSR count). The summed E-state index contributed by atoms with van der Waals surface area (Å²) >= 11 is 0. The summed E-state index contributed by atoms with van der Waals surface area (Å²) in [5, 5.41) is 8.64. The molecular formula is C34H40N8O3. The zero-order chi connectivity index (χ0) is 32.7. The molecule has 1 atom stereocenters. The Hall–Kier alpha value is -5.42. The first kappa shape index (κ1) is 32.5. The fourth-order valence-electron chi connectivity index (χ4n) is 4.94. The van der Waals surface area contributed by atoms with E-state index in [0.717, 1.165) is 5.56 Å². The quantitative estimate of drug-likeness (QED) is 0.131. The third-order valence-electron chi connectivity index (χ3n) is 7.55. The van der Waals surface area contributed by atoms with Gasteiger partial charge in [-0.3, -0.25) is 9.59 Å². The SMILES string of the molecule is C=CC(=O)Nc1ccc(C(=O)Nc2ccc(N=C(N)C3=C(N)C(C)(C)N(C(=O)NC(CN(C)C)c4ccccc4)C3)cc2)cc1. The van der Waals surface area contributed by atoms with E-state index in [9.17, 15) is 14.4 Å². The van der Waals surface area contributed by atoms with Crippen LogP contribution in [0.2, 0.25) is 0 Å². The Bertz CT molecular complexity index is 1610. The summed E-state index contributed by atoms with van der Waals surface area (Å²) in [4.78, 5) is 46.0. The molecule has 0 radical (unpaired) electrons. The number of benzene rings is 3. The van der Waals surface area contributed by atoms with Gasteiger partial charge in [-0.1, -0.05) is 36.9 Å². The Morgan fingerprint density at radius 3 is 2.18 bits per heavy atom. The van der Waals surface area contributed by atoms with Crippen LogP contribution in [0.5, 0.6) is 0 Å². The maximum absolute atomic E-state index is 13.6. The number of aliphatic imine (C=N–C) groups is 1. The number of nitrogens with two attached hydrogens (primary N) is 2. The van der Waals surface area contributed by atoms with Crippen LogP contribution < -0.4 is 27.4 Å². The van der Waals surface area contributed by atoms with Gasteiger partial charge < -0.3 is 37.2 Å². The van der Waals surface area contributed by atoms with E-state index in [1.807, 2.05) is 63.2 Å². The van der Waals surface area contributed by atoms with Crippen LogP contribution in [0, 0.1) is 0 Å². The lowest BCUT2D eigenvalue weighted by atomic mass is 10.00. The Balaban J connectivity index is 1.42. The molecule has 0 fully saturated rings.